The summed E-state index contributed by atoms with van der Waals surface area (Å²) < 4.78 is 11.3. The maximum Gasteiger partial charge on any atom is 0.119 e. The van der Waals surface area contributed by atoms with Gasteiger partial charge in [-0.25, -0.2) is 0 Å². The Kier molecular flexibility index (Phi) is 6.14. The molecule has 0 amide bonds. The molecular formula is C21H27NO4. The van der Waals surface area contributed by atoms with Crippen molar-refractivity contribution in [2.45, 2.75) is 25.5 Å². The molecule has 1 fully saturated rings. The van der Waals surface area contributed by atoms with E-state index in [0.29, 0.717) is 26.2 Å². The van der Waals surface area contributed by atoms with E-state index in [-0.39, 0.29) is 6.61 Å². The summed E-state index contributed by atoms with van der Waals surface area (Å²) in [5.74, 6) is 1.55. The van der Waals surface area contributed by atoms with E-state index in [1.54, 1.807) is 0 Å². The SMILES string of the molecule is Cc1cccc(OC[C@]2(O)CCN(Cc3cccc(OCCO)c3)C2)c1. The van der Waals surface area contributed by atoms with E-state index >= 15 is 0 Å². The molecular weight excluding hydrogens is 330 g/mol. The molecule has 0 bridgehead atoms. The molecule has 0 aliphatic carbocycles. The zero-order chi connectivity index (χ0) is 18.4. The number of hydrogen-bond donors (Lipinski definition) is 2. The van der Waals surface area contributed by atoms with E-state index in [0.717, 1.165) is 35.7 Å². The normalized spacial score (nSPS) is 20.3. The number of likely N-dealkylation sites (tertiary alicyclic amines) is 1. The third-order valence-corrected chi connectivity index (χ3v) is 4.57. The number of rotatable bonds is 8. The molecule has 1 heterocycles. The third kappa shape index (κ3) is 5.21. The van der Waals surface area contributed by atoms with Crippen LogP contribution in [-0.2, 0) is 6.54 Å². The third-order valence-electron chi connectivity index (χ3n) is 4.57. The average Bonchev–Trinajstić information content (AvgIpc) is 3.00. The highest BCUT2D eigenvalue weighted by Crippen LogP contribution is 2.25. The van der Waals surface area contributed by atoms with Gasteiger partial charge in [0.1, 0.15) is 30.3 Å². The number of hydrogen-bond acceptors (Lipinski definition) is 5. The van der Waals surface area contributed by atoms with Gasteiger partial charge in [-0.15, -0.1) is 0 Å². The molecule has 0 saturated carbocycles. The largest absolute Gasteiger partial charge is 0.491 e. The van der Waals surface area contributed by atoms with Crippen molar-refractivity contribution in [3.05, 3.63) is 59.7 Å². The van der Waals surface area contributed by atoms with Crippen molar-refractivity contribution < 1.29 is 19.7 Å². The molecule has 5 heteroatoms. The van der Waals surface area contributed by atoms with Gasteiger partial charge < -0.3 is 19.7 Å². The second-order valence-electron chi connectivity index (χ2n) is 7.01. The van der Waals surface area contributed by atoms with Crippen LogP contribution < -0.4 is 9.47 Å². The molecule has 1 saturated heterocycles. The van der Waals surface area contributed by atoms with Gasteiger partial charge in [-0.1, -0.05) is 24.3 Å². The Balaban J connectivity index is 1.52. The molecule has 0 aromatic heterocycles. The average molecular weight is 357 g/mol. The first-order valence-corrected chi connectivity index (χ1v) is 9.03. The van der Waals surface area contributed by atoms with Gasteiger partial charge in [-0.3, -0.25) is 4.90 Å². The number of β-amino-alcohol motifs (C(OH)–C–C–N with tert-alkyl or cyclic N) is 1. The van der Waals surface area contributed by atoms with Crippen molar-refractivity contribution in [1.82, 2.24) is 4.90 Å². The van der Waals surface area contributed by atoms with Gasteiger partial charge in [0.05, 0.1) is 6.61 Å². The topological polar surface area (TPSA) is 62.2 Å². The smallest absolute Gasteiger partial charge is 0.119 e. The van der Waals surface area contributed by atoms with Gasteiger partial charge >= 0.3 is 0 Å². The number of benzene rings is 2. The van der Waals surface area contributed by atoms with Crippen LogP contribution in [0.4, 0.5) is 0 Å². The monoisotopic (exact) mass is 357 g/mol. The van der Waals surface area contributed by atoms with E-state index in [9.17, 15) is 5.11 Å². The van der Waals surface area contributed by atoms with Gasteiger partial charge in [-0.05, 0) is 48.7 Å². The lowest BCUT2D eigenvalue weighted by molar-refractivity contribution is 0.00336. The lowest BCUT2D eigenvalue weighted by Crippen LogP contribution is -2.39. The minimum atomic E-state index is -0.825. The standard InChI is InChI=1S/C21H27NO4/c1-17-4-2-6-19(12-17)26-16-21(24)8-9-22(15-21)14-18-5-3-7-20(13-18)25-11-10-23/h2-7,12-13,23-24H,8-11,14-16H2,1H3/t21-/m0/s1. The van der Waals surface area contributed by atoms with Crippen LogP contribution >= 0.6 is 0 Å². The lowest BCUT2D eigenvalue weighted by atomic mass is 10.1. The zero-order valence-corrected chi connectivity index (χ0v) is 15.2. The number of aliphatic hydroxyl groups is 2. The Morgan fingerprint density at radius 2 is 1.85 bits per heavy atom. The fraction of sp³-hybridized carbons (Fsp3) is 0.429. The van der Waals surface area contributed by atoms with Crippen molar-refractivity contribution in [2.24, 2.45) is 0 Å². The molecule has 1 atom stereocenters. The number of nitrogens with zero attached hydrogens (tertiary/aromatic N) is 1. The minimum absolute atomic E-state index is 0.00429. The summed E-state index contributed by atoms with van der Waals surface area (Å²) in [7, 11) is 0. The molecule has 5 nitrogen and oxygen atoms in total. The summed E-state index contributed by atoms with van der Waals surface area (Å²) in [6.45, 7) is 4.79. The van der Waals surface area contributed by atoms with E-state index in [4.69, 9.17) is 14.6 Å². The van der Waals surface area contributed by atoms with Crippen LogP contribution in [-0.4, -0.2) is 53.6 Å². The summed E-state index contributed by atoms with van der Waals surface area (Å²) in [5, 5.41) is 19.7. The van der Waals surface area contributed by atoms with Gasteiger partial charge in [0, 0.05) is 19.6 Å². The fourth-order valence-electron chi connectivity index (χ4n) is 3.27. The van der Waals surface area contributed by atoms with Crippen LogP contribution in [0.2, 0.25) is 0 Å². The quantitative estimate of drug-likeness (QED) is 0.760. The van der Waals surface area contributed by atoms with Gasteiger partial charge in [0.15, 0.2) is 0 Å². The molecule has 2 N–H and O–H groups in total. The highest BCUT2D eigenvalue weighted by Gasteiger charge is 2.36. The molecule has 0 unspecified atom stereocenters. The first-order valence-electron chi connectivity index (χ1n) is 9.03. The van der Waals surface area contributed by atoms with E-state index in [2.05, 4.69) is 4.90 Å². The van der Waals surface area contributed by atoms with Crippen LogP contribution in [0, 0.1) is 6.92 Å². The van der Waals surface area contributed by atoms with E-state index in [1.807, 2.05) is 55.5 Å². The lowest BCUT2D eigenvalue weighted by Gasteiger charge is -2.24. The molecule has 140 valence electrons. The van der Waals surface area contributed by atoms with Crippen molar-refractivity contribution >= 4 is 0 Å². The summed E-state index contributed by atoms with van der Waals surface area (Å²) in [5.41, 5.74) is 1.45. The molecule has 1 aliphatic heterocycles. The highest BCUT2D eigenvalue weighted by molar-refractivity contribution is 5.29. The zero-order valence-electron chi connectivity index (χ0n) is 15.2. The number of aryl methyl sites for hydroxylation is 1. The highest BCUT2D eigenvalue weighted by atomic mass is 16.5. The molecule has 3 rings (SSSR count). The maximum atomic E-state index is 10.8. The van der Waals surface area contributed by atoms with E-state index < -0.39 is 5.60 Å². The molecule has 0 radical (unpaired) electrons. The second-order valence-corrected chi connectivity index (χ2v) is 7.01. The van der Waals surface area contributed by atoms with Crippen molar-refractivity contribution in [2.75, 3.05) is 32.9 Å². The predicted molar refractivity (Wildman–Crippen MR) is 101 cm³/mol. The fourth-order valence-corrected chi connectivity index (χ4v) is 3.27. The van der Waals surface area contributed by atoms with Crippen molar-refractivity contribution in [1.29, 1.82) is 0 Å². The van der Waals surface area contributed by atoms with E-state index in [1.165, 1.54) is 0 Å². The summed E-state index contributed by atoms with van der Waals surface area (Å²) in [6, 6.07) is 15.7. The van der Waals surface area contributed by atoms with Gasteiger partial charge in [0.2, 0.25) is 0 Å². The Morgan fingerprint density at radius 1 is 1.08 bits per heavy atom. The first-order chi connectivity index (χ1) is 12.6. The Morgan fingerprint density at radius 3 is 2.62 bits per heavy atom. The van der Waals surface area contributed by atoms with Crippen LogP contribution in [0.5, 0.6) is 11.5 Å². The molecule has 2 aromatic rings. The summed E-state index contributed by atoms with van der Waals surface area (Å²) in [6.07, 6.45) is 0.694. The Hall–Kier alpha value is -2.08. The Bertz CT molecular complexity index is 721. The maximum absolute atomic E-state index is 10.8. The van der Waals surface area contributed by atoms with Crippen LogP contribution in [0.3, 0.4) is 0 Å². The molecule has 2 aromatic carbocycles. The minimum Gasteiger partial charge on any atom is -0.491 e. The van der Waals surface area contributed by atoms with Gasteiger partial charge in [0.25, 0.3) is 0 Å². The number of aliphatic hydroxyl groups excluding tert-OH is 1. The van der Waals surface area contributed by atoms with Crippen LogP contribution in [0.1, 0.15) is 17.5 Å². The summed E-state index contributed by atoms with van der Waals surface area (Å²) >= 11 is 0. The second kappa shape index (κ2) is 8.54. The predicted octanol–water partition coefficient (Wildman–Crippen LogP) is 2.38. The van der Waals surface area contributed by atoms with Gasteiger partial charge in [-0.2, -0.15) is 0 Å². The summed E-state index contributed by atoms with van der Waals surface area (Å²) in [4.78, 5) is 2.23. The molecule has 1 aliphatic rings. The molecule has 26 heavy (non-hydrogen) atoms. The van der Waals surface area contributed by atoms with Crippen LogP contribution in [0.15, 0.2) is 48.5 Å². The van der Waals surface area contributed by atoms with Crippen molar-refractivity contribution in [3.63, 3.8) is 0 Å². The first kappa shape index (κ1) is 18.7. The molecule has 0 spiro atoms. The van der Waals surface area contributed by atoms with Crippen LogP contribution in [0.25, 0.3) is 0 Å². The Labute approximate surface area is 154 Å². The number of ether oxygens (including phenoxy) is 2. The van der Waals surface area contributed by atoms with Crippen molar-refractivity contribution in [3.8, 4) is 11.5 Å².